The topological polar surface area (TPSA) is 37.4 Å². The summed E-state index contributed by atoms with van der Waals surface area (Å²) in [6.07, 6.45) is 0. The van der Waals surface area contributed by atoms with E-state index in [4.69, 9.17) is 23.2 Å². The number of fused-ring (bicyclic) bond motifs is 1. The Hall–Kier alpha value is -1.84. The number of benzene rings is 2. The van der Waals surface area contributed by atoms with Crippen molar-refractivity contribution in [3.05, 3.63) is 63.6 Å². The Morgan fingerprint density at radius 2 is 1.75 bits per heavy atom. The van der Waals surface area contributed by atoms with Crippen molar-refractivity contribution in [2.75, 3.05) is 4.90 Å². The minimum Gasteiger partial charge on any atom is -0.300 e. The highest BCUT2D eigenvalue weighted by atomic mass is 35.5. The molecule has 5 heteroatoms. The summed E-state index contributed by atoms with van der Waals surface area (Å²) >= 11 is 11.9. The molecule has 1 heterocycles. The molecule has 0 spiro atoms. The van der Waals surface area contributed by atoms with Gasteiger partial charge in [0, 0.05) is 5.02 Å². The van der Waals surface area contributed by atoms with E-state index in [-0.39, 0.29) is 5.56 Å². The number of carbonyl (C=O) groups excluding carboxylic acids is 2. The molecule has 1 aliphatic rings. The quantitative estimate of drug-likeness (QED) is 0.793. The number of nitrogens with zero attached hydrogens (tertiary/aromatic N) is 1. The second-order valence-corrected chi connectivity index (χ2v) is 5.33. The third kappa shape index (κ3) is 2.09. The lowest BCUT2D eigenvalue weighted by atomic mass is 10.1. The molecule has 3 nitrogen and oxygen atoms in total. The number of Topliss-reactive ketones (excluding diaryl/α,β-unsaturated/α-hetero) is 1. The largest absolute Gasteiger partial charge is 0.300 e. The molecule has 0 atom stereocenters. The van der Waals surface area contributed by atoms with Crippen LogP contribution in [0.1, 0.15) is 15.9 Å². The number of carbonyl (C=O) groups is 2. The summed E-state index contributed by atoms with van der Waals surface area (Å²) in [5, 5.41) is 0.890. The van der Waals surface area contributed by atoms with Gasteiger partial charge in [-0.05, 0) is 29.8 Å². The molecule has 2 aromatic rings. The van der Waals surface area contributed by atoms with Crippen molar-refractivity contribution in [2.45, 2.75) is 6.54 Å². The van der Waals surface area contributed by atoms with Crippen molar-refractivity contribution in [3.63, 3.8) is 0 Å². The normalized spacial score (nSPS) is 13.8. The van der Waals surface area contributed by atoms with Crippen LogP contribution in [0.5, 0.6) is 0 Å². The Kier molecular flexibility index (Phi) is 3.24. The first-order valence-corrected chi connectivity index (χ1v) is 6.72. The average molecular weight is 306 g/mol. The molecule has 0 aromatic heterocycles. The molecule has 0 radical (unpaired) electrons. The Bertz CT molecular complexity index is 728. The van der Waals surface area contributed by atoms with E-state index >= 15 is 0 Å². The van der Waals surface area contributed by atoms with Crippen LogP contribution in [0.25, 0.3) is 0 Å². The summed E-state index contributed by atoms with van der Waals surface area (Å²) < 4.78 is 0. The lowest BCUT2D eigenvalue weighted by molar-refractivity contribution is -0.114. The summed E-state index contributed by atoms with van der Waals surface area (Å²) in [7, 11) is 0. The molecule has 0 unspecified atom stereocenters. The van der Waals surface area contributed by atoms with Gasteiger partial charge in [-0.3, -0.25) is 9.59 Å². The molecule has 0 saturated heterocycles. The smallest absolute Gasteiger partial charge is 0.299 e. The number of hydrogen-bond donors (Lipinski definition) is 0. The van der Waals surface area contributed by atoms with Crippen molar-refractivity contribution in [2.24, 2.45) is 0 Å². The van der Waals surface area contributed by atoms with Crippen molar-refractivity contribution < 1.29 is 9.59 Å². The Balaban J connectivity index is 2.02. The first-order valence-electron chi connectivity index (χ1n) is 5.97. The Morgan fingerprint density at radius 3 is 2.50 bits per heavy atom. The van der Waals surface area contributed by atoms with Gasteiger partial charge >= 0.3 is 0 Å². The van der Waals surface area contributed by atoms with E-state index in [2.05, 4.69) is 0 Å². The zero-order valence-corrected chi connectivity index (χ0v) is 11.8. The van der Waals surface area contributed by atoms with Crippen LogP contribution < -0.4 is 4.90 Å². The van der Waals surface area contributed by atoms with Gasteiger partial charge in [0.1, 0.15) is 0 Å². The van der Waals surface area contributed by atoms with Crippen LogP contribution >= 0.6 is 23.2 Å². The number of amides is 1. The van der Waals surface area contributed by atoms with Crippen molar-refractivity contribution in [1.29, 1.82) is 0 Å². The van der Waals surface area contributed by atoms with Gasteiger partial charge in [0.25, 0.3) is 11.7 Å². The van der Waals surface area contributed by atoms with Gasteiger partial charge in [-0.2, -0.15) is 0 Å². The van der Waals surface area contributed by atoms with Gasteiger partial charge in [-0.1, -0.05) is 41.4 Å². The van der Waals surface area contributed by atoms with Gasteiger partial charge in [0.05, 0.1) is 22.8 Å². The van der Waals surface area contributed by atoms with Crippen LogP contribution in [0.2, 0.25) is 10.0 Å². The van der Waals surface area contributed by atoms with E-state index in [1.54, 1.807) is 36.4 Å². The summed E-state index contributed by atoms with van der Waals surface area (Å²) in [4.78, 5) is 25.5. The van der Waals surface area contributed by atoms with Crippen molar-refractivity contribution in [1.82, 2.24) is 0 Å². The summed E-state index contributed by atoms with van der Waals surface area (Å²) in [5.41, 5.74) is 1.68. The minimum atomic E-state index is -0.562. The lowest BCUT2D eigenvalue weighted by Crippen LogP contribution is -2.29. The average Bonchev–Trinajstić information content (AvgIpc) is 2.65. The van der Waals surface area contributed by atoms with Gasteiger partial charge in [0.15, 0.2) is 0 Å². The van der Waals surface area contributed by atoms with E-state index in [9.17, 15) is 9.59 Å². The second-order valence-electron chi connectivity index (χ2n) is 4.48. The SMILES string of the molecule is O=C1C(=O)N(Cc2cccc(Cl)c2)c2cccc(Cl)c21. The maximum absolute atomic E-state index is 12.1. The fraction of sp³-hybridized carbons (Fsp3) is 0.0667. The Morgan fingerprint density at radius 1 is 1.00 bits per heavy atom. The molecule has 0 bridgehead atoms. The van der Waals surface area contributed by atoms with Crippen LogP contribution in [0.15, 0.2) is 42.5 Å². The molecular weight excluding hydrogens is 297 g/mol. The van der Waals surface area contributed by atoms with Crippen LogP contribution in [0, 0.1) is 0 Å². The van der Waals surface area contributed by atoms with Crippen molar-refractivity contribution >= 4 is 40.6 Å². The van der Waals surface area contributed by atoms with E-state index in [1.807, 2.05) is 6.07 Å². The van der Waals surface area contributed by atoms with Crippen LogP contribution in [-0.2, 0) is 11.3 Å². The summed E-state index contributed by atoms with van der Waals surface area (Å²) in [6, 6.07) is 12.2. The highest BCUT2D eigenvalue weighted by Crippen LogP contribution is 2.35. The third-order valence-electron chi connectivity index (χ3n) is 3.18. The zero-order valence-electron chi connectivity index (χ0n) is 10.3. The first-order chi connectivity index (χ1) is 9.58. The summed E-state index contributed by atoms with van der Waals surface area (Å²) in [5.74, 6) is -1.12. The second kappa shape index (κ2) is 4.93. The third-order valence-corrected chi connectivity index (χ3v) is 3.73. The maximum atomic E-state index is 12.1. The van der Waals surface area contributed by atoms with Crippen LogP contribution in [-0.4, -0.2) is 11.7 Å². The molecule has 0 saturated carbocycles. The lowest BCUT2D eigenvalue weighted by Gasteiger charge is -2.16. The van der Waals surface area contributed by atoms with E-state index in [1.165, 1.54) is 4.90 Å². The van der Waals surface area contributed by atoms with Gasteiger partial charge in [-0.25, -0.2) is 0 Å². The molecule has 1 aliphatic heterocycles. The fourth-order valence-corrected chi connectivity index (χ4v) is 2.74. The highest BCUT2D eigenvalue weighted by molar-refractivity contribution is 6.55. The molecule has 2 aromatic carbocycles. The number of halogens is 2. The van der Waals surface area contributed by atoms with E-state index in [0.717, 1.165) is 5.56 Å². The van der Waals surface area contributed by atoms with E-state index in [0.29, 0.717) is 22.3 Å². The summed E-state index contributed by atoms with van der Waals surface area (Å²) in [6.45, 7) is 0.290. The number of ketones is 1. The zero-order chi connectivity index (χ0) is 14.3. The molecule has 3 rings (SSSR count). The molecule has 0 fully saturated rings. The van der Waals surface area contributed by atoms with Gasteiger partial charge in [0.2, 0.25) is 0 Å². The van der Waals surface area contributed by atoms with E-state index < -0.39 is 11.7 Å². The number of rotatable bonds is 2. The first kappa shape index (κ1) is 13.2. The number of anilines is 1. The molecular formula is C15H9Cl2NO2. The minimum absolute atomic E-state index is 0.279. The molecule has 20 heavy (non-hydrogen) atoms. The fourth-order valence-electron chi connectivity index (χ4n) is 2.28. The maximum Gasteiger partial charge on any atom is 0.299 e. The molecule has 100 valence electrons. The van der Waals surface area contributed by atoms with Crippen molar-refractivity contribution in [3.8, 4) is 0 Å². The highest BCUT2D eigenvalue weighted by Gasteiger charge is 2.37. The number of hydrogen-bond acceptors (Lipinski definition) is 2. The monoisotopic (exact) mass is 305 g/mol. The van der Waals surface area contributed by atoms with Gasteiger partial charge < -0.3 is 4.90 Å². The molecule has 0 aliphatic carbocycles. The molecule has 0 N–H and O–H groups in total. The predicted molar refractivity (Wildman–Crippen MR) is 78.4 cm³/mol. The standard InChI is InChI=1S/C15H9Cl2NO2/c16-10-4-1-3-9(7-10)8-18-12-6-2-5-11(17)13(12)14(19)15(18)20/h1-7H,8H2. The van der Waals surface area contributed by atoms with Crippen LogP contribution in [0.3, 0.4) is 0 Å². The Labute approximate surface area is 125 Å². The predicted octanol–water partition coefficient (Wildman–Crippen LogP) is 3.72. The van der Waals surface area contributed by atoms with Gasteiger partial charge in [-0.15, -0.1) is 0 Å². The van der Waals surface area contributed by atoms with Crippen LogP contribution in [0.4, 0.5) is 5.69 Å². The molecule has 1 amide bonds.